The zero-order valence-corrected chi connectivity index (χ0v) is 22.0. The number of rotatable bonds is 9. The summed E-state index contributed by atoms with van der Waals surface area (Å²) in [6.07, 6.45) is 0.164. The quantitative estimate of drug-likeness (QED) is 0.239. The topological polar surface area (TPSA) is 112 Å². The number of aromatic nitrogens is 3. The number of hydrogen-bond donors (Lipinski definition) is 1. The van der Waals surface area contributed by atoms with Gasteiger partial charge in [0, 0.05) is 17.6 Å². The van der Waals surface area contributed by atoms with Gasteiger partial charge in [0.2, 0.25) is 5.91 Å². The fraction of sp³-hybridized carbons (Fsp3) is 0.320. The summed E-state index contributed by atoms with van der Waals surface area (Å²) in [5.41, 5.74) is 3.48. The van der Waals surface area contributed by atoms with Crippen molar-refractivity contribution < 1.29 is 23.9 Å². The van der Waals surface area contributed by atoms with Gasteiger partial charge in [-0.1, -0.05) is 30.0 Å². The van der Waals surface area contributed by atoms with Gasteiger partial charge in [-0.3, -0.25) is 9.20 Å². The lowest BCUT2D eigenvalue weighted by Crippen LogP contribution is -2.15. The van der Waals surface area contributed by atoms with Gasteiger partial charge in [-0.2, -0.15) is 0 Å². The van der Waals surface area contributed by atoms with Gasteiger partial charge in [-0.25, -0.2) is 9.59 Å². The average Bonchev–Trinajstić information content (AvgIpc) is 3.40. The molecule has 4 rings (SSSR count). The molecular weight excluding hydrogens is 500 g/mol. The van der Waals surface area contributed by atoms with Gasteiger partial charge in [0.25, 0.3) is 0 Å². The number of thiophene rings is 1. The first kappa shape index (κ1) is 25.6. The van der Waals surface area contributed by atoms with Gasteiger partial charge in [0.15, 0.2) is 10.8 Å². The van der Waals surface area contributed by atoms with Crippen molar-refractivity contribution in [2.75, 3.05) is 24.3 Å². The van der Waals surface area contributed by atoms with Crippen LogP contribution in [-0.2, 0) is 14.3 Å². The van der Waals surface area contributed by atoms with E-state index in [2.05, 4.69) is 21.6 Å². The number of benzene rings is 1. The minimum Gasteiger partial charge on any atom is -0.462 e. The number of ether oxygens (including phenoxy) is 2. The van der Waals surface area contributed by atoms with Gasteiger partial charge in [-0.05, 0) is 51.0 Å². The fourth-order valence-electron chi connectivity index (χ4n) is 3.83. The van der Waals surface area contributed by atoms with E-state index >= 15 is 0 Å². The highest BCUT2D eigenvalue weighted by molar-refractivity contribution is 7.99. The number of pyridine rings is 1. The second kappa shape index (κ2) is 11.1. The molecule has 0 radical (unpaired) electrons. The number of nitrogens with zero attached hydrogens (tertiary/aromatic N) is 3. The van der Waals surface area contributed by atoms with Crippen molar-refractivity contribution >= 4 is 62.5 Å². The zero-order chi connectivity index (χ0) is 25.8. The second-order valence-electron chi connectivity index (χ2n) is 7.87. The summed E-state index contributed by atoms with van der Waals surface area (Å²) in [5.74, 6) is -0.982. The minimum atomic E-state index is -0.594. The molecule has 1 aromatic carbocycles. The number of esters is 2. The molecule has 0 atom stereocenters. The van der Waals surface area contributed by atoms with E-state index < -0.39 is 11.9 Å². The number of fused-ring (bicyclic) bond motifs is 3. The van der Waals surface area contributed by atoms with Crippen molar-refractivity contribution in [1.82, 2.24) is 14.6 Å². The van der Waals surface area contributed by atoms with Gasteiger partial charge in [0.05, 0.1) is 24.3 Å². The third-order valence-electron chi connectivity index (χ3n) is 5.47. The molecule has 11 heteroatoms. The van der Waals surface area contributed by atoms with Crippen LogP contribution in [0.25, 0.3) is 16.6 Å². The highest BCUT2D eigenvalue weighted by atomic mass is 32.2. The standard InChI is InChI=1S/C25H26N4O5S2/c1-5-33-23(31)20-15(4)21(24(32)34-6-2)36-22(20)26-19(30)11-12-35-25-28-27-18-13-14(3)16-9-7-8-10-17(16)29(18)25/h7-10,13H,5-6,11-12H2,1-4H3,(H,26,30). The molecule has 4 aromatic rings. The van der Waals surface area contributed by atoms with Crippen molar-refractivity contribution in [3.8, 4) is 0 Å². The number of thioether (sulfide) groups is 1. The van der Waals surface area contributed by atoms with Crippen LogP contribution in [0.15, 0.2) is 35.5 Å². The summed E-state index contributed by atoms with van der Waals surface area (Å²) in [7, 11) is 0. The third kappa shape index (κ3) is 5.07. The third-order valence-corrected chi connectivity index (χ3v) is 7.59. The van der Waals surface area contributed by atoms with Crippen molar-refractivity contribution in [3.63, 3.8) is 0 Å². The zero-order valence-electron chi connectivity index (χ0n) is 20.4. The first-order valence-corrected chi connectivity index (χ1v) is 13.3. The number of para-hydroxylation sites is 1. The van der Waals surface area contributed by atoms with E-state index in [0.717, 1.165) is 33.5 Å². The van der Waals surface area contributed by atoms with Crippen molar-refractivity contribution in [1.29, 1.82) is 0 Å². The summed E-state index contributed by atoms with van der Waals surface area (Å²) in [5, 5.41) is 13.5. The highest BCUT2D eigenvalue weighted by Crippen LogP contribution is 2.34. The number of nitrogens with one attached hydrogen (secondary N) is 1. The Morgan fingerprint density at radius 1 is 1.06 bits per heavy atom. The Kier molecular flexibility index (Phi) is 7.90. The van der Waals surface area contributed by atoms with Crippen LogP contribution in [0.5, 0.6) is 0 Å². The average molecular weight is 527 g/mol. The number of hydrogen-bond acceptors (Lipinski definition) is 9. The van der Waals surface area contributed by atoms with Crippen LogP contribution in [0.1, 0.15) is 51.4 Å². The summed E-state index contributed by atoms with van der Waals surface area (Å²) >= 11 is 2.43. The predicted molar refractivity (Wildman–Crippen MR) is 140 cm³/mol. The van der Waals surface area contributed by atoms with E-state index in [-0.39, 0.29) is 41.0 Å². The second-order valence-corrected chi connectivity index (χ2v) is 9.95. The van der Waals surface area contributed by atoms with Crippen LogP contribution in [0.2, 0.25) is 0 Å². The molecule has 0 unspecified atom stereocenters. The molecule has 9 nitrogen and oxygen atoms in total. The van der Waals surface area contributed by atoms with E-state index in [9.17, 15) is 14.4 Å². The first-order chi connectivity index (χ1) is 17.3. The molecular formula is C25H26N4O5S2. The number of amides is 1. The lowest BCUT2D eigenvalue weighted by atomic mass is 10.1. The maximum atomic E-state index is 12.8. The number of carbonyl (C=O) groups is 3. The monoisotopic (exact) mass is 526 g/mol. The molecule has 0 saturated carbocycles. The van der Waals surface area contributed by atoms with E-state index in [0.29, 0.717) is 16.5 Å². The van der Waals surface area contributed by atoms with Crippen LogP contribution in [0.4, 0.5) is 5.00 Å². The van der Waals surface area contributed by atoms with E-state index in [4.69, 9.17) is 9.47 Å². The molecule has 0 aliphatic heterocycles. The van der Waals surface area contributed by atoms with Gasteiger partial charge < -0.3 is 14.8 Å². The predicted octanol–water partition coefficient (Wildman–Crippen LogP) is 5.04. The first-order valence-electron chi connectivity index (χ1n) is 11.5. The van der Waals surface area contributed by atoms with E-state index in [1.54, 1.807) is 20.8 Å². The molecule has 188 valence electrons. The lowest BCUT2D eigenvalue weighted by Gasteiger charge is -2.08. The fourth-order valence-corrected chi connectivity index (χ4v) is 5.83. The van der Waals surface area contributed by atoms with Crippen LogP contribution in [0, 0.1) is 13.8 Å². The van der Waals surface area contributed by atoms with Crippen LogP contribution in [-0.4, -0.2) is 51.4 Å². The summed E-state index contributed by atoms with van der Waals surface area (Å²) in [4.78, 5) is 37.9. The Labute approximate surface area is 216 Å². The molecule has 0 saturated heterocycles. The number of anilines is 1. The largest absolute Gasteiger partial charge is 0.462 e. The van der Waals surface area contributed by atoms with Crippen molar-refractivity contribution in [2.45, 2.75) is 39.3 Å². The molecule has 3 heterocycles. The smallest absolute Gasteiger partial charge is 0.348 e. The normalized spacial score (nSPS) is 11.1. The molecule has 36 heavy (non-hydrogen) atoms. The van der Waals surface area contributed by atoms with E-state index in [1.165, 1.54) is 11.8 Å². The summed E-state index contributed by atoms with van der Waals surface area (Å²) in [6.45, 7) is 7.46. The Hall–Kier alpha value is -3.44. The SMILES string of the molecule is CCOC(=O)c1sc(NC(=O)CCSc2nnc3cc(C)c4ccccc4n23)c(C(=O)OCC)c1C. The molecule has 1 amide bonds. The van der Waals surface area contributed by atoms with Gasteiger partial charge in [0.1, 0.15) is 9.88 Å². The number of carbonyl (C=O) groups excluding carboxylic acids is 3. The Balaban J connectivity index is 1.49. The summed E-state index contributed by atoms with van der Waals surface area (Å²) < 4.78 is 12.2. The molecule has 0 bridgehead atoms. The summed E-state index contributed by atoms with van der Waals surface area (Å²) in [6, 6.07) is 10.0. The molecule has 0 aliphatic carbocycles. The maximum Gasteiger partial charge on any atom is 0.348 e. The Morgan fingerprint density at radius 2 is 1.78 bits per heavy atom. The molecule has 0 fully saturated rings. The van der Waals surface area contributed by atoms with Gasteiger partial charge in [-0.15, -0.1) is 21.5 Å². The van der Waals surface area contributed by atoms with Crippen LogP contribution >= 0.6 is 23.1 Å². The molecule has 1 N–H and O–H groups in total. The van der Waals surface area contributed by atoms with Crippen LogP contribution in [0.3, 0.4) is 0 Å². The Bertz CT molecular complexity index is 1460. The van der Waals surface area contributed by atoms with Gasteiger partial charge >= 0.3 is 11.9 Å². The highest BCUT2D eigenvalue weighted by Gasteiger charge is 2.27. The maximum absolute atomic E-state index is 12.8. The molecule has 0 spiro atoms. The minimum absolute atomic E-state index is 0.164. The van der Waals surface area contributed by atoms with Crippen molar-refractivity contribution in [3.05, 3.63) is 51.9 Å². The Morgan fingerprint density at radius 3 is 2.53 bits per heavy atom. The molecule has 3 aromatic heterocycles. The van der Waals surface area contributed by atoms with Crippen molar-refractivity contribution in [2.24, 2.45) is 0 Å². The molecule has 0 aliphatic rings. The van der Waals surface area contributed by atoms with E-state index in [1.807, 2.05) is 35.6 Å². The number of aryl methyl sites for hydroxylation is 1. The lowest BCUT2D eigenvalue weighted by molar-refractivity contribution is -0.115. The van der Waals surface area contributed by atoms with Crippen LogP contribution < -0.4 is 5.32 Å².